The fourth-order valence-electron chi connectivity index (χ4n) is 1.85. The highest BCUT2D eigenvalue weighted by Gasteiger charge is 2.09. The van der Waals surface area contributed by atoms with E-state index in [0.29, 0.717) is 11.3 Å². The molecule has 5 heteroatoms. The molecule has 0 saturated heterocycles. The largest absolute Gasteiger partial charge is 0.497 e. The van der Waals surface area contributed by atoms with Crippen LogP contribution in [0.25, 0.3) is 0 Å². The maximum Gasteiger partial charge on any atom is 0.307 e. The first-order valence-corrected chi connectivity index (χ1v) is 8.18. The molecule has 0 aromatic heterocycles. The van der Waals surface area contributed by atoms with Crippen molar-refractivity contribution in [2.45, 2.75) is 11.3 Å². The summed E-state index contributed by atoms with van der Waals surface area (Å²) >= 11 is 1.56. The lowest BCUT2D eigenvalue weighted by Crippen LogP contribution is -2.14. The van der Waals surface area contributed by atoms with Gasteiger partial charge in [0.05, 0.1) is 13.5 Å². The lowest BCUT2D eigenvalue weighted by Gasteiger charge is -2.05. The fraction of sp³-hybridized carbons (Fsp3) is 0.222. The van der Waals surface area contributed by atoms with E-state index in [9.17, 15) is 9.59 Å². The lowest BCUT2D eigenvalue weighted by molar-refractivity contribution is -0.141. The van der Waals surface area contributed by atoms with Crippen LogP contribution >= 0.6 is 11.8 Å². The number of thioether (sulfide) groups is 1. The summed E-state index contributed by atoms with van der Waals surface area (Å²) in [6, 6.07) is 16.4. The summed E-state index contributed by atoms with van der Waals surface area (Å²) in [5, 5.41) is 0. The molecule has 0 aliphatic carbocycles. The van der Waals surface area contributed by atoms with Crippen LogP contribution in [-0.2, 0) is 9.53 Å². The summed E-state index contributed by atoms with van der Waals surface area (Å²) in [6.45, 7) is -0.212. The Balaban J connectivity index is 1.67. The van der Waals surface area contributed by atoms with Crippen LogP contribution in [0.4, 0.5) is 0 Å². The molecule has 120 valence electrons. The van der Waals surface area contributed by atoms with Gasteiger partial charge in [-0.2, -0.15) is 0 Å². The molecule has 0 radical (unpaired) electrons. The minimum atomic E-state index is -0.365. The summed E-state index contributed by atoms with van der Waals surface area (Å²) in [4.78, 5) is 24.5. The highest BCUT2D eigenvalue weighted by atomic mass is 32.2. The van der Waals surface area contributed by atoms with Gasteiger partial charge in [0.15, 0.2) is 12.4 Å². The van der Waals surface area contributed by atoms with E-state index in [0.717, 1.165) is 10.6 Å². The minimum absolute atomic E-state index is 0.193. The summed E-state index contributed by atoms with van der Waals surface area (Å²) in [7, 11) is 1.62. The van der Waals surface area contributed by atoms with E-state index in [1.807, 2.05) is 30.3 Å². The lowest BCUT2D eigenvalue weighted by atomic mass is 10.1. The van der Waals surface area contributed by atoms with Crippen LogP contribution in [0.5, 0.6) is 5.75 Å². The first-order chi connectivity index (χ1) is 11.2. The molecule has 0 atom stereocenters. The normalized spacial score (nSPS) is 10.1. The van der Waals surface area contributed by atoms with Crippen molar-refractivity contribution in [3.8, 4) is 5.75 Å². The predicted octanol–water partition coefficient (Wildman–Crippen LogP) is 3.60. The molecule has 4 nitrogen and oxygen atoms in total. The number of carbonyl (C=O) groups excluding carboxylic acids is 2. The number of Topliss-reactive ketones (excluding diaryl/α,β-unsaturated/α-hetero) is 1. The van der Waals surface area contributed by atoms with Gasteiger partial charge in [-0.1, -0.05) is 30.3 Å². The third-order valence-electron chi connectivity index (χ3n) is 3.09. The van der Waals surface area contributed by atoms with Gasteiger partial charge in [-0.15, -0.1) is 11.8 Å². The van der Waals surface area contributed by atoms with E-state index in [4.69, 9.17) is 9.47 Å². The zero-order valence-electron chi connectivity index (χ0n) is 12.9. The smallest absolute Gasteiger partial charge is 0.307 e. The van der Waals surface area contributed by atoms with Gasteiger partial charge in [0.2, 0.25) is 0 Å². The van der Waals surface area contributed by atoms with E-state index < -0.39 is 0 Å². The number of ketones is 1. The van der Waals surface area contributed by atoms with Crippen molar-refractivity contribution >= 4 is 23.5 Å². The second-order valence-corrected chi connectivity index (χ2v) is 5.89. The Labute approximate surface area is 139 Å². The van der Waals surface area contributed by atoms with Crippen molar-refractivity contribution in [3.63, 3.8) is 0 Å². The van der Waals surface area contributed by atoms with Crippen LogP contribution in [0.15, 0.2) is 59.5 Å². The summed E-state index contributed by atoms with van der Waals surface area (Å²) in [5.74, 6) is 0.843. The van der Waals surface area contributed by atoms with Crippen LogP contribution in [0, 0.1) is 0 Å². The molecule has 0 bridgehead atoms. The molecule has 0 aliphatic heterocycles. The fourth-order valence-corrected chi connectivity index (χ4v) is 2.68. The average molecular weight is 330 g/mol. The summed E-state index contributed by atoms with van der Waals surface area (Å²) in [6.07, 6.45) is 0.263. The molecule has 0 saturated carbocycles. The Morgan fingerprint density at radius 2 is 1.70 bits per heavy atom. The molecule has 0 aliphatic rings. The highest BCUT2D eigenvalue weighted by molar-refractivity contribution is 7.99. The van der Waals surface area contributed by atoms with Gasteiger partial charge in [0.1, 0.15) is 5.75 Å². The van der Waals surface area contributed by atoms with Gasteiger partial charge >= 0.3 is 5.97 Å². The molecule has 0 heterocycles. The number of rotatable bonds is 8. The second kappa shape index (κ2) is 9.00. The van der Waals surface area contributed by atoms with Crippen molar-refractivity contribution in [1.82, 2.24) is 0 Å². The first kappa shape index (κ1) is 17.1. The molecule has 0 spiro atoms. The summed E-state index contributed by atoms with van der Waals surface area (Å²) in [5.41, 5.74) is 0.549. The highest BCUT2D eigenvalue weighted by Crippen LogP contribution is 2.21. The Bertz CT molecular complexity index is 638. The van der Waals surface area contributed by atoms with Crippen LogP contribution < -0.4 is 4.74 Å². The zero-order valence-corrected chi connectivity index (χ0v) is 13.7. The molecular formula is C18H18O4S. The number of benzene rings is 2. The standard InChI is InChI=1S/C18H18O4S/c1-21-15-7-9-16(10-8-15)23-12-11-18(20)22-13-17(19)14-5-3-2-4-6-14/h2-10H,11-13H2,1H3. The maximum absolute atomic E-state index is 11.8. The first-order valence-electron chi connectivity index (χ1n) is 7.20. The second-order valence-electron chi connectivity index (χ2n) is 4.72. The van der Waals surface area contributed by atoms with E-state index >= 15 is 0 Å². The number of hydrogen-bond donors (Lipinski definition) is 0. The van der Waals surface area contributed by atoms with Crippen LogP contribution in [0.3, 0.4) is 0 Å². The van der Waals surface area contributed by atoms with Crippen molar-refractivity contribution in [2.24, 2.45) is 0 Å². The minimum Gasteiger partial charge on any atom is -0.497 e. The molecule has 0 fully saturated rings. The van der Waals surface area contributed by atoms with E-state index in [2.05, 4.69) is 0 Å². The Kier molecular flexibility index (Phi) is 6.69. The number of esters is 1. The van der Waals surface area contributed by atoms with E-state index in [1.165, 1.54) is 0 Å². The number of hydrogen-bond acceptors (Lipinski definition) is 5. The van der Waals surface area contributed by atoms with Crippen molar-refractivity contribution < 1.29 is 19.1 Å². The van der Waals surface area contributed by atoms with Gasteiger partial charge in [0, 0.05) is 16.2 Å². The Morgan fingerprint density at radius 3 is 2.35 bits per heavy atom. The third-order valence-corrected chi connectivity index (χ3v) is 4.11. The zero-order chi connectivity index (χ0) is 16.5. The quantitative estimate of drug-likeness (QED) is 0.420. The Morgan fingerprint density at radius 1 is 1.00 bits per heavy atom. The SMILES string of the molecule is COc1ccc(SCCC(=O)OCC(=O)c2ccccc2)cc1. The number of ether oxygens (including phenoxy) is 2. The van der Waals surface area contributed by atoms with Crippen LogP contribution in [0.2, 0.25) is 0 Å². The summed E-state index contributed by atoms with van der Waals surface area (Å²) < 4.78 is 10.1. The molecule has 2 aromatic rings. The van der Waals surface area contributed by atoms with E-state index in [1.54, 1.807) is 43.1 Å². The van der Waals surface area contributed by atoms with Crippen LogP contribution in [-0.4, -0.2) is 31.2 Å². The van der Waals surface area contributed by atoms with Gasteiger partial charge < -0.3 is 9.47 Å². The topological polar surface area (TPSA) is 52.6 Å². The van der Waals surface area contributed by atoms with Crippen molar-refractivity contribution in [3.05, 3.63) is 60.2 Å². The molecule has 23 heavy (non-hydrogen) atoms. The molecular weight excluding hydrogens is 312 g/mol. The van der Waals surface area contributed by atoms with Gasteiger partial charge in [-0.3, -0.25) is 9.59 Å². The van der Waals surface area contributed by atoms with Gasteiger partial charge in [-0.25, -0.2) is 0 Å². The molecule has 2 rings (SSSR count). The number of methoxy groups -OCH3 is 1. The molecule has 2 aromatic carbocycles. The monoisotopic (exact) mass is 330 g/mol. The van der Waals surface area contributed by atoms with Gasteiger partial charge in [0.25, 0.3) is 0 Å². The predicted molar refractivity (Wildman–Crippen MR) is 90.1 cm³/mol. The van der Waals surface area contributed by atoms with Crippen LogP contribution in [0.1, 0.15) is 16.8 Å². The molecule has 0 N–H and O–H groups in total. The molecule has 0 amide bonds. The van der Waals surface area contributed by atoms with Crippen molar-refractivity contribution in [2.75, 3.05) is 19.5 Å². The van der Waals surface area contributed by atoms with Crippen molar-refractivity contribution in [1.29, 1.82) is 0 Å². The average Bonchev–Trinajstić information content (AvgIpc) is 2.61. The van der Waals surface area contributed by atoms with Gasteiger partial charge in [-0.05, 0) is 24.3 Å². The maximum atomic E-state index is 11.8. The number of carbonyl (C=O) groups is 2. The molecule has 0 unspecified atom stereocenters. The van der Waals surface area contributed by atoms with E-state index in [-0.39, 0.29) is 24.8 Å². The Hall–Kier alpha value is -2.27. The third kappa shape index (κ3) is 5.79.